The molecule has 5 rings (SSSR count). The Morgan fingerprint density at radius 1 is 0.571 bits per heavy atom. The maximum atomic E-state index is 5.84. The van der Waals surface area contributed by atoms with Gasteiger partial charge in [-0.3, -0.25) is 0 Å². The second kappa shape index (κ2) is 18.9. The van der Waals surface area contributed by atoms with E-state index in [1.165, 1.54) is 15.9 Å². The van der Waals surface area contributed by atoms with Crippen LogP contribution in [0, 0.1) is 0 Å². The minimum Gasteiger partial charge on any atom is -0.741 e. The summed E-state index contributed by atoms with van der Waals surface area (Å²) >= 11 is 11.1. The van der Waals surface area contributed by atoms with Crippen molar-refractivity contribution in [3.05, 3.63) is 157 Å². The SMILES string of the molecule is CCOc1ccc(C(=N\N=C(/[S-])NC)/C(=N/N=C(\[S-])NC[P+](c2ccccc2)(c2ccccc2)c2ccccc2)c2ccccc2)cc1.[Cu+2]. The molecule has 0 spiro atoms. The van der Waals surface area contributed by atoms with Crippen molar-refractivity contribution in [1.29, 1.82) is 0 Å². The summed E-state index contributed by atoms with van der Waals surface area (Å²) in [5, 5.41) is 28.6. The van der Waals surface area contributed by atoms with E-state index in [-0.39, 0.29) is 27.4 Å². The molecule has 0 atom stereocenters. The maximum absolute atomic E-state index is 5.84. The molecule has 1 radical (unpaired) electrons. The van der Waals surface area contributed by atoms with E-state index in [9.17, 15) is 0 Å². The number of amidine groups is 2. The molecule has 5 aromatic rings. The van der Waals surface area contributed by atoms with Gasteiger partial charge in [0.1, 0.15) is 46.6 Å². The molecule has 0 amide bonds. The van der Waals surface area contributed by atoms with E-state index in [4.69, 9.17) is 35.1 Å². The molecule has 0 aliphatic heterocycles. The smallest absolute Gasteiger partial charge is 0.741 e. The topological polar surface area (TPSA) is 82.7 Å². The minimum atomic E-state index is -2.19. The first-order chi connectivity index (χ1) is 23.5. The van der Waals surface area contributed by atoms with Gasteiger partial charge in [0, 0.05) is 23.3 Å². The summed E-state index contributed by atoms with van der Waals surface area (Å²) < 4.78 is 5.66. The summed E-state index contributed by atoms with van der Waals surface area (Å²) in [6.07, 6.45) is 0.551. The molecular formula is C38H36CuN6OPS2+. The predicted octanol–water partition coefficient (Wildman–Crippen LogP) is 5.76. The maximum Gasteiger partial charge on any atom is 2.00 e. The van der Waals surface area contributed by atoms with Crippen LogP contribution in [0.25, 0.3) is 0 Å². The molecule has 2 N–H and O–H groups in total. The van der Waals surface area contributed by atoms with Gasteiger partial charge in [-0.2, -0.15) is 10.2 Å². The fraction of sp³-hybridized carbons (Fsp3) is 0.105. The molecule has 0 unspecified atom stereocenters. The standard InChI is InChI=1S/C38H37N6OPS2.Cu/c1-3-45-31-26-24-30(25-27-31)36(41-43-37(47)39-2)35(29-16-8-4-9-17-29)42-44-38(48)40-28-46(32-18-10-5-11-19-32,33-20-12-6-13-21-33)34-22-14-7-15-23-34;/h4-27H,3,28H2,1-2H3,(H3-,39,40,41,42,43,44,47,48);/q;+2/p-1. The van der Waals surface area contributed by atoms with Gasteiger partial charge in [-0.05, 0) is 72.8 Å². The Morgan fingerprint density at radius 3 is 1.41 bits per heavy atom. The molecule has 0 heterocycles. The Labute approximate surface area is 310 Å². The van der Waals surface area contributed by atoms with Crippen molar-refractivity contribution in [3.8, 4) is 5.75 Å². The number of ether oxygens (including phenoxy) is 1. The molecule has 0 saturated carbocycles. The van der Waals surface area contributed by atoms with E-state index in [0.717, 1.165) is 16.9 Å². The third kappa shape index (κ3) is 9.60. The molecule has 0 bridgehead atoms. The monoisotopic (exact) mass is 750 g/mol. The molecule has 7 nitrogen and oxygen atoms in total. The van der Waals surface area contributed by atoms with Crippen molar-refractivity contribution in [3.63, 3.8) is 0 Å². The second-order valence-electron chi connectivity index (χ2n) is 10.4. The zero-order chi connectivity index (χ0) is 33.6. The second-order valence-corrected chi connectivity index (χ2v) is 14.7. The molecule has 0 fully saturated rings. The van der Waals surface area contributed by atoms with Crippen molar-refractivity contribution in [2.45, 2.75) is 6.92 Å². The number of nitrogens with zero attached hydrogens (tertiary/aromatic N) is 4. The van der Waals surface area contributed by atoms with Crippen LogP contribution in [-0.4, -0.2) is 41.7 Å². The van der Waals surface area contributed by atoms with Gasteiger partial charge in [-0.15, -0.1) is 10.2 Å². The van der Waals surface area contributed by atoms with Crippen LogP contribution in [-0.2, 0) is 42.3 Å². The number of hydrogen-bond acceptors (Lipinski definition) is 7. The van der Waals surface area contributed by atoms with Crippen LogP contribution in [0.4, 0.5) is 0 Å². The summed E-state index contributed by atoms with van der Waals surface area (Å²) in [6, 6.07) is 49.1. The van der Waals surface area contributed by atoms with E-state index in [1.807, 2.05) is 79.7 Å². The normalized spacial score (nSPS) is 12.5. The quantitative estimate of drug-likeness (QED) is 0.0424. The molecule has 0 aromatic heterocycles. The van der Waals surface area contributed by atoms with E-state index in [2.05, 4.69) is 98.7 Å². The van der Waals surface area contributed by atoms with Crippen LogP contribution in [0.15, 0.2) is 166 Å². The first-order valence-corrected chi connectivity index (χ1v) is 18.2. The molecule has 0 saturated heterocycles. The van der Waals surface area contributed by atoms with Crippen molar-refractivity contribution in [2.24, 2.45) is 20.4 Å². The van der Waals surface area contributed by atoms with E-state index in [0.29, 0.717) is 24.3 Å². The van der Waals surface area contributed by atoms with Crippen molar-refractivity contribution < 1.29 is 21.8 Å². The van der Waals surface area contributed by atoms with Crippen molar-refractivity contribution >= 4 is 70.2 Å². The number of nitrogens with one attached hydrogen (secondary N) is 2. The van der Waals surface area contributed by atoms with Gasteiger partial charge in [-0.25, -0.2) is 0 Å². The van der Waals surface area contributed by atoms with Gasteiger partial charge in [-0.1, -0.05) is 84.9 Å². The Kier molecular flexibility index (Phi) is 14.5. The molecule has 49 heavy (non-hydrogen) atoms. The van der Waals surface area contributed by atoms with E-state index >= 15 is 0 Å². The number of hydrogen-bond donors (Lipinski definition) is 2. The first-order valence-electron chi connectivity index (χ1n) is 15.5. The van der Waals surface area contributed by atoms with Gasteiger partial charge in [0.15, 0.2) is 0 Å². The van der Waals surface area contributed by atoms with Crippen LogP contribution in [0.2, 0.25) is 0 Å². The zero-order valence-electron chi connectivity index (χ0n) is 27.0. The fourth-order valence-corrected chi connectivity index (χ4v) is 9.32. The Balaban J connectivity index is 0.00000541. The molecule has 11 heteroatoms. The Morgan fingerprint density at radius 2 is 0.980 bits per heavy atom. The number of rotatable bonds is 12. The molecule has 251 valence electrons. The van der Waals surface area contributed by atoms with Crippen molar-refractivity contribution in [2.75, 3.05) is 19.9 Å². The average molecular weight is 751 g/mol. The molecular weight excluding hydrogens is 715 g/mol. The van der Waals surface area contributed by atoms with Gasteiger partial charge in [0.2, 0.25) is 0 Å². The van der Waals surface area contributed by atoms with E-state index < -0.39 is 7.26 Å². The van der Waals surface area contributed by atoms with Crippen LogP contribution in [0.5, 0.6) is 5.75 Å². The third-order valence-corrected chi connectivity index (χ3v) is 12.1. The Bertz CT molecular complexity index is 1780. The largest absolute Gasteiger partial charge is 2.00 e. The summed E-state index contributed by atoms with van der Waals surface area (Å²) in [7, 11) is -0.493. The van der Waals surface area contributed by atoms with Gasteiger partial charge < -0.3 is 40.6 Å². The molecule has 0 aliphatic rings. The summed E-state index contributed by atoms with van der Waals surface area (Å²) in [6.45, 7) is 2.51. The Hall–Kier alpha value is -4.43. The minimum absolute atomic E-state index is 0. The molecule has 0 aliphatic carbocycles. The van der Waals surface area contributed by atoms with Crippen LogP contribution < -0.4 is 31.3 Å². The van der Waals surface area contributed by atoms with Crippen LogP contribution >= 0.6 is 7.26 Å². The fourth-order valence-electron chi connectivity index (χ4n) is 5.19. The van der Waals surface area contributed by atoms with Crippen LogP contribution in [0.1, 0.15) is 18.1 Å². The predicted molar refractivity (Wildman–Crippen MR) is 209 cm³/mol. The van der Waals surface area contributed by atoms with Crippen LogP contribution in [0.3, 0.4) is 0 Å². The first kappa shape index (κ1) is 37.4. The third-order valence-electron chi connectivity index (χ3n) is 7.46. The van der Waals surface area contributed by atoms with E-state index in [1.54, 1.807) is 7.05 Å². The van der Waals surface area contributed by atoms with Crippen molar-refractivity contribution in [1.82, 2.24) is 10.6 Å². The average Bonchev–Trinajstić information content (AvgIpc) is 3.15. The number of benzene rings is 5. The zero-order valence-corrected chi connectivity index (χ0v) is 30.5. The molecule has 5 aromatic carbocycles. The summed E-state index contributed by atoms with van der Waals surface area (Å²) in [5.74, 6) is 0.749. The van der Waals surface area contributed by atoms with Gasteiger partial charge >= 0.3 is 17.1 Å². The summed E-state index contributed by atoms with van der Waals surface area (Å²) in [4.78, 5) is 0. The van der Waals surface area contributed by atoms with Gasteiger partial charge in [0.05, 0.1) is 6.61 Å². The van der Waals surface area contributed by atoms with Gasteiger partial charge in [0.25, 0.3) is 0 Å². The summed E-state index contributed by atoms with van der Waals surface area (Å²) in [5.41, 5.74) is 2.52.